The van der Waals surface area contributed by atoms with Gasteiger partial charge in [0.2, 0.25) is 5.91 Å². The second-order valence-electron chi connectivity index (χ2n) is 10.8. The fraction of sp³-hybridized carbons (Fsp3) is 0.654. The monoisotopic (exact) mass is 437 g/mol. The van der Waals surface area contributed by atoms with Crippen molar-refractivity contribution in [1.82, 2.24) is 25.4 Å². The molecule has 1 saturated carbocycles. The number of aromatic amines is 1. The molecular weight excluding hydrogens is 398 g/mol. The van der Waals surface area contributed by atoms with Gasteiger partial charge in [-0.1, -0.05) is 39.7 Å². The minimum absolute atomic E-state index is 0.00585. The Morgan fingerprint density at radius 3 is 2.59 bits per heavy atom. The van der Waals surface area contributed by atoms with E-state index in [1.165, 1.54) is 36.9 Å². The number of nitrogens with one attached hydrogen (secondary N) is 2. The van der Waals surface area contributed by atoms with Gasteiger partial charge in [0.05, 0.1) is 17.9 Å². The van der Waals surface area contributed by atoms with Crippen LogP contribution in [0.3, 0.4) is 0 Å². The van der Waals surface area contributed by atoms with Gasteiger partial charge in [0.1, 0.15) is 0 Å². The molecule has 2 N–H and O–H groups in total. The molecule has 4 rings (SSSR count). The molecule has 1 saturated heterocycles. The standard InChI is InChI=1S/C26H39N5O/c1-26(2,3)25-21(17-28-30-25)18-31-14-11-20(12-15-31)24(22-10-6-7-13-27-22)29-23(32)16-19-8-4-5-9-19/h6-7,10,13,17,19-20,24H,4-5,8-9,11-12,14-16,18H2,1-3H3,(H,28,30)(H,29,32). The Hall–Kier alpha value is -2.21. The van der Waals surface area contributed by atoms with Gasteiger partial charge in [-0.15, -0.1) is 0 Å². The first-order valence-electron chi connectivity index (χ1n) is 12.4. The van der Waals surface area contributed by atoms with Crippen molar-refractivity contribution in [3.63, 3.8) is 0 Å². The van der Waals surface area contributed by atoms with Gasteiger partial charge >= 0.3 is 0 Å². The molecule has 0 bridgehead atoms. The van der Waals surface area contributed by atoms with Crippen LogP contribution in [0.2, 0.25) is 0 Å². The minimum atomic E-state index is 0.00585. The Kier molecular flexibility index (Phi) is 7.29. The molecule has 0 radical (unpaired) electrons. The van der Waals surface area contributed by atoms with Gasteiger partial charge in [-0.05, 0) is 62.7 Å². The van der Waals surface area contributed by atoms with E-state index < -0.39 is 0 Å². The number of hydrogen-bond donors (Lipinski definition) is 2. The van der Waals surface area contributed by atoms with Gasteiger partial charge in [-0.25, -0.2) is 0 Å². The quantitative estimate of drug-likeness (QED) is 0.655. The second kappa shape index (κ2) is 10.2. The first-order valence-corrected chi connectivity index (χ1v) is 12.4. The molecule has 0 aromatic carbocycles. The Bertz CT molecular complexity index is 858. The Labute approximate surface area is 192 Å². The van der Waals surface area contributed by atoms with Crippen LogP contribution in [0.5, 0.6) is 0 Å². The van der Waals surface area contributed by atoms with Crippen molar-refractivity contribution in [2.75, 3.05) is 13.1 Å². The number of aromatic nitrogens is 3. The van der Waals surface area contributed by atoms with Crippen molar-refractivity contribution in [1.29, 1.82) is 0 Å². The zero-order valence-electron chi connectivity index (χ0n) is 19.9. The number of hydrogen-bond acceptors (Lipinski definition) is 4. The van der Waals surface area contributed by atoms with Crippen molar-refractivity contribution >= 4 is 5.91 Å². The Morgan fingerprint density at radius 1 is 1.19 bits per heavy atom. The molecule has 174 valence electrons. The van der Waals surface area contributed by atoms with E-state index in [2.05, 4.69) is 52.2 Å². The fourth-order valence-corrected chi connectivity index (χ4v) is 5.47. The Balaban J connectivity index is 1.38. The zero-order valence-corrected chi connectivity index (χ0v) is 19.9. The number of H-pyrrole nitrogens is 1. The number of nitrogens with zero attached hydrogens (tertiary/aromatic N) is 3. The third-order valence-corrected chi connectivity index (χ3v) is 7.24. The van der Waals surface area contributed by atoms with E-state index in [-0.39, 0.29) is 17.4 Å². The van der Waals surface area contributed by atoms with Crippen LogP contribution in [0.15, 0.2) is 30.6 Å². The van der Waals surface area contributed by atoms with Crippen LogP contribution in [0, 0.1) is 11.8 Å². The number of carbonyl (C=O) groups excluding carboxylic acids is 1. The lowest BCUT2D eigenvalue weighted by Gasteiger charge is -2.36. The molecule has 2 aromatic heterocycles. The van der Waals surface area contributed by atoms with Crippen LogP contribution in [-0.2, 0) is 16.8 Å². The molecule has 0 spiro atoms. The van der Waals surface area contributed by atoms with Gasteiger partial charge in [0.25, 0.3) is 0 Å². The summed E-state index contributed by atoms with van der Waals surface area (Å²) in [4.78, 5) is 20.0. The number of carbonyl (C=O) groups is 1. The molecule has 32 heavy (non-hydrogen) atoms. The summed E-state index contributed by atoms with van der Waals surface area (Å²) in [6.07, 6.45) is 11.6. The number of pyridine rings is 1. The van der Waals surface area contributed by atoms with E-state index in [0.717, 1.165) is 38.2 Å². The molecule has 1 aliphatic heterocycles. The maximum absolute atomic E-state index is 12.9. The summed E-state index contributed by atoms with van der Waals surface area (Å²) in [5.74, 6) is 1.18. The third kappa shape index (κ3) is 5.77. The molecule has 1 amide bonds. The summed E-state index contributed by atoms with van der Waals surface area (Å²) < 4.78 is 0. The second-order valence-corrected chi connectivity index (χ2v) is 10.8. The molecule has 1 atom stereocenters. The van der Waals surface area contributed by atoms with E-state index in [1.54, 1.807) is 0 Å². The van der Waals surface area contributed by atoms with Crippen LogP contribution in [0.1, 0.15) is 88.7 Å². The van der Waals surface area contributed by atoms with Gasteiger partial charge < -0.3 is 5.32 Å². The summed E-state index contributed by atoms with van der Waals surface area (Å²) in [5, 5.41) is 10.9. The molecule has 2 fully saturated rings. The van der Waals surface area contributed by atoms with E-state index in [1.807, 2.05) is 24.5 Å². The molecule has 2 aromatic rings. The largest absolute Gasteiger partial charge is 0.347 e. The van der Waals surface area contributed by atoms with Crippen molar-refractivity contribution in [3.8, 4) is 0 Å². The third-order valence-electron chi connectivity index (χ3n) is 7.24. The number of amides is 1. The van der Waals surface area contributed by atoms with Crippen LogP contribution in [0.25, 0.3) is 0 Å². The van der Waals surface area contributed by atoms with Crippen molar-refractivity contribution in [3.05, 3.63) is 47.5 Å². The highest BCUT2D eigenvalue weighted by atomic mass is 16.1. The Morgan fingerprint density at radius 2 is 1.94 bits per heavy atom. The summed E-state index contributed by atoms with van der Waals surface area (Å²) in [6.45, 7) is 9.66. The maximum atomic E-state index is 12.9. The molecular formula is C26H39N5O. The van der Waals surface area contributed by atoms with Crippen molar-refractivity contribution in [2.45, 2.75) is 83.7 Å². The molecule has 1 aliphatic carbocycles. The highest BCUT2D eigenvalue weighted by Gasteiger charge is 2.31. The smallest absolute Gasteiger partial charge is 0.220 e. The van der Waals surface area contributed by atoms with E-state index in [4.69, 9.17) is 0 Å². The topological polar surface area (TPSA) is 73.9 Å². The number of piperidine rings is 1. The fourth-order valence-electron chi connectivity index (χ4n) is 5.47. The van der Waals surface area contributed by atoms with Gasteiger partial charge in [0.15, 0.2) is 0 Å². The van der Waals surface area contributed by atoms with Crippen LogP contribution < -0.4 is 5.32 Å². The average Bonchev–Trinajstić information content (AvgIpc) is 3.45. The molecule has 3 heterocycles. The predicted molar refractivity (Wildman–Crippen MR) is 127 cm³/mol. The summed E-state index contributed by atoms with van der Waals surface area (Å²) in [6, 6.07) is 6.04. The summed E-state index contributed by atoms with van der Waals surface area (Å²) >= 11 is 0. The summed E-state index contributed by atoms with van der Waals surface area (Å²) in [5.41, 5.74) is 3.58. The van der Waals surface area contributed by atoms with Gasteiger partial charge in [-0.2, -0.15) is 5.10 Å². The first-order chi connectivity index (χ1) is 15.4. The normalized spacial score (nSPS) is 19.8. The number of rotatable bonds is 7. The minimum Gasteiger partial charge on any atom is -0.347 e. The van der Waals surface area contributed by atoms with Crippen LogP contribution in [0.4, 0.5) is 0 Å². The van der Waals surface area contributed by atoms with Gasteiger partial charge in [0, 0.05) is 35.8 Å². The van der Waals surface area contributed by atoms with Crippen molar-refractivity contribution < 1.29 is 4.79 Å². The molecule has 6 heteroatoms. The molecule has 6 nitrogen and oxygen atoms in total. The lowest BCUT2D eigenvalue weighted by Crippen LogP contribution is -2.41. The first kappa shape index (κ1) is 23.0. The van der Waals surface area contributed by atoms with Crippen LogP contribution in [-0.4, -0.2) is 39.1 Å². The van der Waals surface area contributed by atoms with E-state index in [9.17, 15) is 4.79 Å². The number of likely N-dealkylation sites (tertiary alicyclic amines) is 1. The average molecular weight is 438 g/mol. The van der Waals surface area contributed by atoms with E-state index >= 15 is 0 Å². The van der Waals surface area contributed by atoms with Crippen LogP contribution >= 0.6 is 0 Å². The van der Waals surface area contributed by atoms with Gasteiger partial charge in [-0.3, -0.25) is 19.8 Å². The predicted octanol–water partition coefficient (Wildman–Crippen LogP) is 4.75. The highest BCUT2D eigenvalue weighted by molar-refractivity contribution is 5.76. The maximum Gasteiger partial charge on any atom is 0.220 e. The van der Waals surface area contributed by atoms with E-state index in [0.29, 0.717) is 18.3 Å². The lowest BCUT2D eigenvalue weighted by atomic mass is 9.86. The zero-order chi connectivity index (χ0) is 22.6. The highest BCUT2D eigenvalue weighted by Crippen LogP contribution is 2.33. The molecule has 1 unspecified atom stereocenters. The molecule has 2 aliphatic rings. The lowest BCUT2D eigenvalue weighted by molar-refractivity contribution is -0.123. The van der Waals surface area contributed by atoms with Crippen molar-refractivity contribution in [2.24, 2.45) is 11.8 Å². The SMILES string of the molecule is CC(C)(C)c1[nH]ncc1CN1CCC(C(NC(=O)CC2CCCC2)c2ccccn2)CC1. The summed E-state index contributed by atoms with van der Waals surface area (Å²) in [7, 11) is 0.